The van der Waals surface area contributed by atoms with Gasteiger partial charge in [0.2, 0.25) is 0 Å². The highest BCUT2D eigenvalue weighted by Crippen LogP contribution is 2.16. The third kappa shape index (κ3) is 5.14. The van der Waals surface area contributed by atoms with Crippen LogP contribution in [0.25, 0.3) is 0 Å². The van der Waals surface area contributed by atoms with Crippen molar-refractivity contribution in [3.8, 4) is 0 Å². The van der Waals surface area contributed by atoms with Crippen molar-refractivity contribution in [2.45, 2.75) is 44.9 Å². The summed E-state index contributed by atoms with van der Waals surface area (Å²) >= 11 is -0.859. The highest BCUT2D eigenvalue weighted by molar-refractivity contribution is 6.73. The van der Waals surface area contributed by atoms with Crippen LogP contribution in [0.2, 0.25) is 10.6 Å². The van der Waals surface area contributed by atoms with Crippen molar-refractivity contribution in [1.29, 1.82) is 0 Å². The van der Waals surface area contributed by atoms with E-state index in [1.807, 2.05) is 0 Å². The molecule has 0 unspecified atom stereocenters. The molecule has 0 heterocycles. The van der Waals surface area contributed by atoms with Crippen LogP contribution in [0.5, 0.6) is 0 Å². The lowest BCUT2D eigenvalue weighted by molar-refractivity contribution is 0.185. The predicted octanol–water partition coefficient (Wildman–Crippen LogP) is 3.85. The third-order valence-electron chi connectivity index (χ3n) is 3.31. The molecule has 0 saturated heterocycles. The third-order valence-corrected chi connectivity index (χ3v) is 7.77. The Morgan fingerprint density at radius 1 is 1.00 bits per heavy atom. The Labute approximate surface area is 117 Å². The Morgan fingerprint density at radius 2 is 1.56 bits per heavy atom. The molecule has 0 aliphatic carbocycles. The monoisotopic (exact) mass is 262 g/mol. The molecule has 0 aromatic heterocycles. The summed E-state index contributed by atoms with van der Waals surface area (Å²) in [6.45, 7) is 10.1. The topological polar surface area (TPSA) is 9.23 Å². The maximum absolute atomic E-state index is 5.35. The molecule has 1 aromatic rings. The molecule has 100 valence electrons. The lowest BCUT2D eigenvalue weighted by Crippen LogP contribution is -2.35. The first-order valence-electron chi connectivity index (χ1n) is 7.11. The summed E-state index contributed by atoms with van der Waals surface area (Å²) in [5, 5.41) is 2.80. The van der Waals surface area contributed by atoms with Gasteiger partial charge in [-0.15, -0.1) is 4.43 Å². The van der Waals surface area contributed by atoms with Crippen LogP contribution in [0.15, 0.2) is 24.3 Å². The van der Waals surface area contributed by atoms with Crippen molar-refractivity contribution in [2.75, 3.05) is 7.11 Å². The molecule has 0 aliphatic rings. The van der Waals surface area contributed by atoms with Crippen LogP contribution >= 0.6 is 0 Å². The minimum Gasteiger partial charge on any atom is -0.380 e. The molecule has 0 fully saturated rings. The largest absolute Gasteiger partial charge is 0.380 e. The second kappa shape index (κ2) is 8.00. The lowest BCUT2D eigenvalue weighted by atomic mass is 10.2. The first kappa shape index (κ1) is 15.8. The second-order valence-corrected chi connectivity index (χ2v) is 9.05. The number of methoxy groups -OCH3 is 1. The standard InChI is InChI=1S/C8H9O.2C4H9.Al/c1-9-7-8-5-3-2-4-6-8;2*1-4(2)3;/h2-5H,7H2,1H3;2*4H,1H2,2-3H3;. The highest BCUT2D eigenvalue weighted by atomic mass is 27.2. The van der Waals surface area contributed by atoms with E-state index in [1.54, 1.807) is 11.5 Å². The predicted molar refractivity (Wildman–Crippen MR) is 81.8 cm³/mol. The molecule has 0 bridgehead atoms. The summed E-state index contributed by atoms with van der Waals surface area (Å²) < 4.78 is 6.98. The van der Waals surface area contributed by atoms with Gasteiger partial charge in [-0.05, 0) is 5.56 Å². The van der Waals surface area contributed by atoms with Crippen LogP contribution in [0.3, 0.4) is 0 Å². The fraction of sp³-hybridized carbons (Fsp3) is 0.625. The summed E-state index contributed by atoms with van der Waals surface area (Å²) in [5.74, 6) is 1.60. The zero-order valence-corrected chi connectivity index (χ0v) is 13.7. The summed E-state index contributed by atoms with van der Waals surface area (Å²) in [6.07, 6.45) is 0. The van der Waals surface area contributed by atoms with Crippen LogP contribution in [-0.4, -0.2) is 21.3 Å². The van der Waals surface area contributed by atoms with Crippen molar-refractivity contribution < 1.29 is 4.74 Å². The fourth-order valence-electron chi connectivity index (χ4n) is 2.71. The molecule has 1 nitrogen and oxygen atoms in total. The minimum atomic E-state index is -0.859. The average molecular weight is 262 g/mol. The number of hydrogen-bond acceptors (Lipinski definition) is 1. The molecule has 0 aliphatic heterocycles. The van der Waals surface area contributed by atoms with E-state index in [9.17, 15) is 0 Å². The van der Waals surface area contributed by atoms with Gasteiger partial charge in [0, 0.05) is 7.11 Å². The molecule has 18 heavy (non-hydrogen) atoms. The summed E-state index contributed by atoms with van der Waals surface area (Å²) in [7, 11) is 1.79. The molecular weight excluding hydrogens is 235 g/mol. The zero-order valence-electron chi connectivity index (χ0n) is 12.6. The maximum atomic E-state index is 5.35. The van der Waals surface area contributed by atoms with Gasteiger partial charge in [-0.1, -0.05) is 74.4 Å². The number of ether oxygens (including phenoxy) is 1. The van der Waals surface area contributed by atoms with Crippen molar-refractivity contribution in [3.05, 3.63) is 29.8 Å². The van der Waals surface area contributed by atoms with Gasteiger partial charge >= 0.3 is 14.1 Å². The Bertz CT molecular complexity index is 337. The zero-order chi connectivity index (χ0) is 13.5. The van der Waals surface area contributed by atoms with E-state index in [0.717, 1.165) is 18.4 Å². The van der Waals surface area contributed by atoms with Crippen LogP contribution in [0, 0.1) is 11.8 Å². The molecule has 0 saturated carbocycles. The molecule has 0 spiro atoms. The van der Waals surface area contributed by atoms with Gasteiger partial charge in [0.25, 0.3) is 0 Å². The Morgan fingerprint density at radius 3 is 2.06 bits per heavy atom. The molecule has 0 atom stereocenters. The molecule has 1 rings (SSSR count). The van der Waals surface area contributed by atoms with E-state index in [4.69, 9.17) is 4.74 Å². The van der Waals surface area contributed by atoms with Gasteiger partial charge < -0.3 is 4.74 Å². The van der Waals surface area contributed by atoms with Gasteiger partial charge in [0.1, 0.15) is 0 Å². The van der Waals surface area contributed by atoms with E-state index in [2.05, 4.69) is 52.0 Å². The number of rotatable bonds is 7. The average Bonchev–Trinajstić information content (AvgIpc) is 2.28. The van der Waals surface area contributed by atoms with Crippen molar-refractivity contribution in [2.24, 2.45) is 11.8 Å². The molecule has 0 radical (unpaired) electrons. The SMILES string of the molecule is COCc1cccc[c]1[Al]([CH2]C(C)C)[CH2]C(C)C. The number of hydrogen-bond donors (Lipinski definition) is 0. The van der Waals surface area contributed by atoms with E-state index in [-0.39, 0.29) is 0 Å². The second-order valence-electron chi connectivity index (χ2n) is 6.09. The Balaban J connectivity index is 2.95. The quantitative estimate of drug-likeness (QED) is 0.678. The Kier molecular flexibility index (Phi) is 7.01. The molecule has 2 heteroatoms. The Hall–Kier alpha value is -0.288. The van der Waals surface area contributed by atoms with Crippen LogP contribution < -0.4 is 4.43 Å². The van der Waals surface area contributed by atoms with E-state index in [1.165, 1.54) is 16.1 Å². The first-order chi connectivity index (χ1) is 8.54. The maximum Gasteiger partial charge on any atom is 0.306 e. The van der Waals surface area contributed by atoms with Crippen molar-refractivity contribution in [1.82, 2.24) is 0 Å². The van der Waals surface area contributed by atoms with Gasteiger partial charge in [-0.2, -0.15) is 0 Å². The van der Waals surface area contributed by atoms with Gasteiger partial charge in [-0.3, -0.25) is 0 Å². The molecule has 0 N–H and O–H groups in total. The lowest BCUT2D eigenvalue weighted by Gasteiger charge is -2.19. The highest BCUT2D eigenvalue weighted by Gasteiger charge is 2.24. The summed E-state index contributed by atoms with van der Waals surface area (Å²) in [4.78, 5) is 0. The van der Waals surface area contributed by atoms with Gasteiger partial charge in [0.15, 0.2) is 0 Å². The van der Waals surface area contributed by atoms with Gasteiger partial charge in [-0.25, -0.2) is 0 Å². The molecular formula is C16H27AlO. The molecule has 1 aromatic carbocycles. The molecule has 0 amide bonds. The first-order valence-corrected chi connectivity index (χ1v) is 9.32. The van der Waals surface area contributed by atoms with E-state index < -0.39 is 14.1 Å². The van der Waals surface area contributed by atoms with Crippen LogP contribution in [0.1, 0.15) is 33.3 Å². The minimum absolute atomic E-state index is 0.760. The van der Waals surface area contributed by atoms with Crippen LogP contribution in [-0.2, 0) is 11.3 Å². The number of benzene rings is 1. The smallest absolute Gasteiger partial charge is 0.306 e. The van der Waals surface area contributed by atoms with Crippen LogP contribution in [0.4, 0.5) is 0 Å². The fourth-order valence-corrected chi connectivity index (χ4v) is 6.77. The normalized spacial score (nSPS) is 11.3. The summed E-state index contributed by atoms with van der Waals surface area (Å²) in [6, 6.07) is 8.90. The van der Waals surface area contributed by atoms with Gasteiger partial charge in [0.05, 0.1) is 6.61 Å². The van der Waals surface area contributed by atoms with E-state index >= 15 is 0 Å². The van der Waals surface area contributed by atoms with E-state index in [0.29, 0.717) is 0 Å². The van der Waals surface area contributed by atoms with Crippen molar-refractivity contribution >= 4 is 18.6 Å². The summed E-state index contributed by atoms with van der Waals surface area (Å²) in [5.41, 5.74) is 1.41. The van der Waals surface area contributed by atoms with Crippen molar-refractivity contribution in [3.63, 3.8) is 0 Å².